The minimum Gasteiger partial charge on any atom is -0.377 e. The smallest absolute Gasteiger partial charge is 0.0717 e. The summed E-state index contributed by atoms with van der Waals surface area (Å²) in [6, 6.07) is 8.14. The van der Waals surface area contributed by atoms with E-state index >= 15 is 0 Å². The summed E-state index contributed by atoms with van der Waals surface area (Å²) in [4.78, 5) is 0. The summed E-state index contributed by atoms with van der Waals surface area (Å²) >= 11 is 3.40. The second-order valence-corrected chi connectivity index (χ2v) is 3.18. The fourth-order valence-corrected chi connectivity index (χ4v) is 1.29. The average Bonchev–Trinajstić information content (AvgIpc) is 2.01. The molecule has 0 atom stereocenters. The number of rotatable bonds is 3. The van der Waals surface area contributed by atoms with E-state index in [1.807, 2.05) is 19.1 Å². The average molecular weight is 215 g/mol. The second-order valence-electron chi connectivity index (χ2n) is 2.27. The fourth-order valence-electron chi connectivity index (χ4n) is 0.847. The number of hydrogen-bond donors (Lipinski definition) is 0. The molecule has 11 heavy (non-hydrogen) atoms. The molecule has 0 radical (unpaired) electrons. The third-order valence-electron chi connectivity index (χ3n) is 1.36. The normalized spacial score (nSPS) is 10.0. The highest BCUT2D eigenvalue weighted by Gasteiger charge is 1.91. The highest BCUT2D eigenvalue weighted by Crippen LogP contribution is 2.11. The minimum atomic E-state index is 0.704. The van der Waals surface area contributed by atoms with E-state index in [0.717, 1.165) is 11.1 Å². The van der Waals surface area contributed by atoms with Crippen molar-refractivity contribution in [3.8, 4) is 0 Å². The van der Waals surface area contributed by atoms with Gasteiger partial charge in [0, 0.05) is 11.1 Å². The molecular formula is C9H11BrO. The molecule has 1 aromatic rings. The van der Waals surface area contributed by atoms with Crippen LogP contribution in [0.5, 0.6) is 0 Å². The van der Waals surface area contributed by atoms with Crippen LogP contribution in [0, 0.1) is 0 Å². The molecule has 0 unspecified atom stereocenters. The van der Waals surface area contributed by atoms with Crippen LogP contribution in [0.15, 0.2) is 28.7 Å². The lowest BCUT2D eigenvalue weighted by Gasteiger charge is -2.00. The van der Waals surface area contributed by atoms with Gasteiger partial charge in [-0.25, -0.2) is 0 Å². The molecule has 0 aliphatic carbocycles. The lowest BCUT2D eigenvalue weighted by molar-refractivity contribution is 0.134. The Bertz CT molecular complexity index is 223. The van der Waals surface area contributed by atoms with Crippen molar-refractivity contribution < 1.29 is 4.74 Å². The first-order valence-corrected chi connectivity index (χ1v) is 4.44. The molecule has 0 saturated heterocycles. The summed E-state index contributed by atoms with van der Waals surface area (Å²) in [6.45, 7) is 3.47. The third-order valence-corrected chi connectivity index (χ3v) is 1.86. The largest absolute Gasteiger partial charge is 0.377 e. The Morgan fingerprint density at radius 1 is 1.45 bits per heavy atom. The van der Waals surface area contributed by atoms with Crippen LogP contribution in [0.3, 0.4) is 0 Å². The molecule has 0 amide bonds. The topological polar surface area (TPSA) is 9.23 Å². The zero-order chi connectivity index (χ0) is 8.10. The van der Waals surface area contributed by atoms with Gasteiger partial charge in [-0.15, -0.1) is 0 Å². The molecule has 0 aliphatic heterocycles. The van der Waals surface area contributed by atoms with Crippen LogP contribution >= 0.6 is 15.9 Å². The Labute approximate surface area is 75.5 Å². The van der Waals surface area contributed by atoms with E-state index in [1.54, 1.807) is 0 Å². The van der Waals surface area contributed by atoms with Gasteiger partial charge in [-0.2, -0.15) is 0 Å². The van der Waals surface area contributed by atoms with E-state index < -0.39 is 0 Å². The molecular weight excluding hydrogens is 204 g/mol. The van der Waals surface area contributed by atoms with Gasteiger partial charge in [0.2, 0.25) is 0 Å². The first kappa shape index (κ1) is 8.75. The Kier molecular flexibility index (Phi) is 3.60. The van der Waals surface area contributed by atoms with Gasteiger partial charge in [0.1, 0.15) is 0 Å². The van der Waals surface area contributed by atoms with Gasteiger partial charge in [0.05, 0.1) is 6.61 Å². The van der Waals surface area contributed by atoms with Gasteiger partial charge in [-0.1, -0.05) is 28.1 Å². The monoisotopic (exact) mass is 214 g/mol. The number of ether oxygens (including phenoxy) is 1. The zero-order valence-electron chi connectivity index (χ0n) is 6.51. The van der Waals surface area contributed by atoms with E-state index in [1.165, 1.54) is 5.56 Å². The first-order valence-electron chi connectivity index (χ1n) is 3.65. The van der Waals surface area contributed by atoms with Crippen LogP contribution in [0.1, 0.15) is 12.5 Å². The maximum absolute atomic E-state index is 5.25. The first-order chi connectivity index (χ1) is 5.33. The number of hydrogen-bond acceptors (Lipinski definition) is 1. The zero-order valence-corrected chi connectivity index (χ0v) is 8.10. The molecule has 2 heteroatoms. The van der Waals surface area contributed by atoms with E-state index in [0.29, 0.717) is 6.61 Å². The van der Waals surface area contributed by atoms with Crippen LogP contribution in [-0.2, 0) is 11.3 Å². The predicted molar refractivity (Wildman–Crippen MR) is 49.5 cm³/mol. The SMILES string of the molecule is CCOCc1cccc(Br)c1. The van der Waals surface area contributed by atoms with Gasteiger partial charge in [-0.05, 0) is 24.6 Å². The van der Waals surface area contributed by atoms with Gasteiger partial charge in [0.15, 0.2) is 0 Å². The van der Waals surface area contributed by atoms with Crippen molar-refractivity contribution >= 4 is 15.9 Å². The van der Waals surface area contributed by atoms with Crippen LogP contribution in [0.25, 0.3) is 0 Å². The molecule has 1 nitrogen and oxygen atoms in total. The van der Waals surface area contributed by atoms with E-state index in [2.05, 4.69) is 28.1 Å². The fraction of sp³-hybridized carbons (Fsp3) is 0.333. The summed E-state index contributed by atoms with van der Waals surface area (Å²) in [7, 11) is 0. The van der Waals surface area contributed by atoms with Crippen LogP contribution in [0.2, 0.25) is 0 Å². The standard InChI is InChI=1S/C9H11BrO/c1-2-11-7-8-4-3-5-9(10)6-8/h3-6H,2,7H2,1H3. The number of benzene rings is 1. The summed E-state index contributed by atoms with van der Waals surface area (Å²) in [5, 5.41) is 0. The van der Waals surface area contributed by atoms with Gasteiger partial charge in [-0.3, -0.25) is 0 Å². The molecule has 0 N–H and O–H groups in total. The van der Waals surface area contributed by atoms with Crippen LogP contribution in [0.4, 0.5) is 0 Å². The van der Waals surface area contributed by atoms with Crippen molar-refractivity contribution in [3.05, 3.63) is 34.3 Å². The summed E-state index contributed by atoms with van der Waals surface area (Å²) in [6.07, 6.45) is 0. The summed E-state index contributed by atoms with van der Waals surface area (Å²) in [5.74, 6) is 0. The molecule has 0 bridgehead atoms. The van der Waals surface area contributed by atoms with Crippen molar-refractivity contribution in [1.29, 1.82) is 0 Å². The molecule has 0 aliphatic rings. The van der Waals surface area contributed by atoms with E-state index in [-0.39, 0.29) is 0 Å². The lowest BCUT2D eigenvalue weighted by atomic mass is 10.2. The van der Waals surface area contributed by atoms with Gasteiger partial charge < -0.3 is 4.74 Å². The summed E-state index contributed by atoms with van der Waals surface area (Å²) < 4.78 is 6.36. The molecule has 60 valence electrons. The Morgan fingerprint density at radius 2 is 2.27 bits per heavy atom. The van der Waals surface area contributed by atoms with Crippen molar-refractivity contribution in [1.82, 2.24) is 0 Å². The quantitative estimate of drug-likeness (QED) is 0.753. The Hall–Kier alpha value is -0.340. The molecule has 1 aromatic carbocycles. The van der Waals surface area contributed by atoms with Crippen molar-refractivity contribution in [2.24, 2.45) is 0 Å². The highest BCUT2D eigenvalue weighted by molar-refractivity contribution is 9.10. The molecule has 0 spiro atoms. The molecule has 0 fully saturated rings. The maximum Gasteiger partial charge on any atom is 0.0717 e. The van der Waals surface area contributed by atoms with Gasteiger partial charge >= 0.3 is 0 Å². The van der Waals surface area contributed by atoms with Crippen LogP contribution < -0.4 is 0 Å². The predicted octanol–water partition coefficient (Wildman–Crippen LogP) is 2.99. The molecule has 0 heterocycles. The third kappa shape index (κ3) is 3.04. The van der Waals surface area contributed by atoms with Crippen molar-refractivity contribution in [2.75, 3.05) is 6.61 Å². The lowest BCUT2D eigenvalue weighted by Crippen LogP contribution is -1.90. The van der Waals surface area contributed by atoms with E-state index in [9.17, 15) is 0 Å². The van der Waals surface area contributed by atoms with Crippen molar-refractivity contribution in [2.45, 2.75) is 13.5 Å². The Morgan fingerprint density at radius 3 is 2.91 bits per heavy atom. The minimum absolute atomic E-state index is 0.704. The molecule has 0 saturated carbocycles. The summed E-state index contributed by atoms with van der Waals surface area (Å²) in [5.41, 5.74) is 1.21. The Balaban J connectivity index is 2.56. The second kappa shape index (κ2) is 4.52. The molecule has 1 rings (SSSR count). The maximum atomic E-state index is 5.25. The highest BCUT2D eigenvalue weighted by atomic mass is 79.9. The van der Waals surface area contributed by atoms with Crippen molar-refractivity contribution in [3.63, 3.8) is 0 Å². The van der Waals surface area contributed by atoms with E-state index in [4.69, 9.17) is 4.74 Å². The van der Waals surface area contributed by atoms with Gasteiger partial charge in [0.25, 0.3) is 0 Å². The molecule has 0 aromatic heterocycles. The van der Waals surface area contributed by atoms with Crippen LogP contribution in [-0.4, -0.2) is 6.61 Å². The number of halogens is 1.